The zero-order chi connectivity index (χ0) is 38.1. The monoisotopic (exact) mass is 764 g/mol. The number of carbonyl (C=O) groups excluding carboxylic acids is 1. The highest BCUT2D eigenvalue weighted by atomic mass is 16.7. The number of hydrogen-bond donors (Lipinski definition) is 3. The van der Waals surface area contributed by atoms with Gasteiger partial charge in [0.1, 0.15) is 24.4 Å². The molecule has 0 amide bonds. The van der Waals surface area contributed by atoms with Gasteiger partial charge in [0.05, 0.1) is 67.4 Å². The minimum atomic E-state index is -0.906. The Bertz CT molecular complexity index is 1410. The van der Waals surface area contributed by atoms with Crippen molar-refractivity contribution in [2.45, 2.75) is 184 Å². The summed E-state index contributed by atoms with van der Waals surface area (Å²) in [6.45, 7) is 10.0. The molecule has 0 aromatic carbocycles. The van der Waals surface area contributed by atoms with Crippen molar-refractivity contribution in [2.24, 2.45) is 23.2 Å². The third-order valence-corrected chi connectivity index (χ3v) is 13.9. The first-order valence-corrected chi connectivity index (χ1v) is 20.2. The van der Waals surface area contributed by atoms with Crippen LogP contribution in [-0.4, -0.2) is 127 Å². The molecular formula is C40H60O14. The van der Waals surface area contributed by atoms with Crippen molar-refractivity contribution >= 4 is 5.97 Å². The zero-order valence-corrected chi connectivity index (χ0v) is 32.4. The van der Waals surface area contributed by atoms with Crippen LogP contribution in [-0.2, 0) is 52.2 Å². The number of allylic oxidation sites excluding steroid dienone is 1. The molecule has 19 atom stereocenters. The van der Waals surface area contributed by atoms with Crippen LogP contribution in [0.15, 0.2) is 23.5 Å². The molecule has 0 radical (unpaired) electrons. The number of rotatable bonds is 7. The number of aliphatic hydroxyl groups excluding tert-OH is 3. The average molecular weight is 765 g/mol. The van der Waals surface area contributed by atoms with Crippen LogP contribution in [0.25, 0.3) is 0 Å². The largest absolute Gasteiger partial charge is 0.469 e. The van der Waals surface area contributed by atoms with Crippen molar-refractivity contribution in [2.75, 3.05) is 13.7 Å². The maximum Gasteiger partial charge on any atom is 0.309 e. The molecule has 5 saturated heterocycles. The lowest BCUT2D eigenvalue weighted by Gasteiger charge is -2.50. The fourth-order valence-electron chi connectivity index (χ4n) is 10.8. The summed E-state index contributed by atoms with van der Waals surface area (Å²) in [5.41, 5.74) is 2.35. The van der Waals surface area contributed by atoms with E-state index in [4.69, 9.17) is 47.4 Å². The number of hydrogen-bond acceptors (Lipinski definition) is 14. The third kappa shape index (κ3) is 7.20. The number of esters is 1. The van der Waals surface area contributed by atoms with Crippen molar-refractivity contribution < 1.29 is 67.5 Å². The van der Waals surface area contributed by atoms with E-state index in [0.29, 0.717) is 19.4 Å². The Hall–Kier alpha value is -1.69. The van der Waals surface area contributed by atoms with E-state index in [0.717, 1.165) is 32.1 Å². The van der Waals surface area contributed by atoms with E-state index in [2.05, 4.69) is 13.0 Å². The fraction of sp³-hybridized carbons (Fsp3) is 0.875. The second kappa shape index (κ2) is 15.2. The van der Waals surface area contributed by atoms with Crippen LogP contribution in [0.5, 0.6) is 0 Å². The van der Waals surface area contributed by atoms with Gasteiger partial charge in [-0.05, 0) is 76.2 Å². The molecule has 304 valence electrons. The molecule has 14 heteroatoms. The minimum Gasteiger partial charge on any atom is -0.469 e. The van der Waals surface area contributed by atoms with Gasteiger partial charge in [0.25, 0.3) is 0 Å². The van der Waals surface area contributed by atoms with E-state index in [9.17, 15) is 20.1 Å². The van der Waals surface area contributed by atoms with Crippen molar-refractivity contribution in [1.82, 2.24) is 0 Å². The van der Waals surface area contributed by atoms with E-state index in [-0.39, 0.29) is 54.2 Å². The Morgan fingerprint density at radius 1 is 0.852 bits per heavy atom. The zero-order valence-electron chi connectivity index (χ0n) is 32.4. The molecule has 1 saturated carbocycles. The van der Waals surface area contributed by atoms with Crippen molar-refractivity contribution in [1.29, 1.82) is 0 Å². The van der Waals surface area contributed by atoms with E-state index in [1.807, 2.05) is 20.1 Å². The molecule has 0 bridgehead atoms. The molecular weight excluding hydrogens is 704 g/mol. The molecule has 0 aromatic heterocycles. The van der Waals surface area contributed by atoms with Crippen molar-refractivity contribution in [3.8, 4) is 0 Å². The van der Waals surface area contributed by atoms with Gasteiger partial charge in [-0.3, -0.25) is 4.79 Å². The van der Waals surface area contributed by atoms with E-state index in [1.165, 1.54) is 18.3 Å². The van der Waals surface area contributed by atoms with Gasteiger partial charge in [-0.2, -0.15) is 0 Å². The molecule has 6 aliphatic heterocycles. The number of carbonyl (C=O) groups is 1. The number of fused-ring (bicyclic) bond motifs is 3. The molecule has 0 spiro atoms. The normalized spacial score (nSPS) is 51.9. The molecule has 8 aliphatic rings. The van der Waals surface area contributed by atoms with Gasteiger partial charge in [-0.25, -0.2) is 0 Å². The molecule has 54 heavy (non-hydrogen) atoms. The molecule has 0 aromatic rings. The Kier molecular flexibility index (Phi) is 11.0. The van der Waals surface area contributed by atoms with E-state index >= 15 is 0 Å². The molecule has 6 fully saturated rings. The Balaban J connectivity index is 0.837. The van der Waals surface area contributed by atoms with Gasteiger partial charge in [0.2, 0.25) is 5.79 Å². The standard InChI is InChI=1S/C40H60O14/c1-19-35(43)29(45-6)16-33(48-19)54-37-21(3)50-32(15-28(37)42)53-36-20(2)49-31(14-27(36)41)51-24-11-12-39(4)23(13-24)8-9-25-26(39)10-7-22-17-46-40(5)34(22)30(18-47-40)52-38(25)44/h8,17,19-21,24-37,41-43H,7,9-16,18H2,1-6H3/t19-,20+,21+,24-,25?,26?,27+,28-,29+,30+,31-,32-,33-,34+,35-,36+,37+,39-,40-/m0/s1. The first-order valence-electron chi connectivity index (χ1n) is 20.2. The molecule has 2 unspecified atom stereocenters. The summed E-state index contributed by atoms with van der Waals surface area (Å²) >= 11 is 0. The second-order valence-electron chi connectivity index (χ2n) is 17.3. The predicted molar refractivity (Wildman–Crippen MR) is 188 cm³/mol. The summed E-state index contributed by atoms with van der Waals surface area (Å²) in [4.78, 5) is 13.7. The Morgan fingerprint density at radius 2 is 1.50 bits per heavy atom. The fourth-order valence-corrected chi connectivity index (χ4v) is 10.8. The van der Waals surface area contributed by atoms with Crippen LogP contribution in [0.3, 0.4) is 0 Å². The van der Waals surface area contributed by atoms with Gasteiger partial charge < -0.3 is 62.7 Å². The van der Waals surface area contributed by atoms with Gasteiger partial charge in [0, 0.05) is 33.3 Å². The third-order valence-electron chi connectivity index (χ3n) is 13.9. The highest BCUT2D eigenvalue weighted by Crippen LogP contribution is 2.57. The van der Waals surface area contributed by atoms with Crippen molar-refractivity contribution in [3.63, 3.8) is 0 Å². The topological polar surface area (TPSA) is 170 Å². The summed E-state index contributed by atoms with van der Waals surface area (Å²) < 4.78 is 60.6. The van der Waals surface area contributed by atoms with Gasteiger partial charge in [0.15, 0.2) is 18.9 Å². The summed E-state index contributed by atoms with van der Waals surface area (Å²) in [5.74, 6) is -0.989. The van der Waals surface area contributed by atoms with Crippen LogP contribution in [0.2, 0.25) is 0 Å². The predicted octanol–water partition coefficient (Wildman–Crippen LogP) is 3.38. The van der Waals surface area contributed by atoms with Crippen LogP contribution in [0, 0.1) is 23.2 Å². The van der Waals surface area contributed by atoms with Crippen LogP contribution in [0.1, 0.15) is 92.4 Å². The summed E-state index contributed by atoms with van der Waals surface area (Å²) in [5, 5.41) is 32.7. The van der Waals surface area contributed by atoms with E-state index in [1.54, 1.807) is 13.8 Å². The minimum absolute atomic E-state index is 0.0607. The highest BCUT2D eigenvalue weighted by molar-refractivity contribution is 5.74. The summed E-state index contributed by atoms with van der Waals surface area (Å²) in [7, 11) is 1.54. The second-order valence-corrected chi connectivity index (χ2v) is 17.3. The maximum absolute atomic E-state index is 13.7. The summed E-state index contributed by atoms with van der Waals surface area (Å²) in [6, 6.07) is 0. The van der Waals surface area contributed by atoms with Crippen LogP contribution in [0.4, 0.5) is 0 Å². The number of methoxy groups -OCH3 is 1. The number of aliphatic hydroxyl groups is 3. The number of ether oxygens (including phenoxy) is 10. The first-order chi connectivity index (χ1) is 25.8. The highest BCUT2D eigenvalue weighted by Gasteiger charge is 2.58. The molecule has 6 heterocycles. The van der Waals surface area contributed by atoms with Gasteiger partial charge in [-0.1, -0.05) is 18.6 Å². The SMILES string of the molecule is CO[C@@H]1C[C@H](O[C@H]2[C@@H](O)C[C@H](O[C@H]3[C@H](O)C[C@H](O[C@H]4CC[C@@]5(C)C(=CCC6C(=O)O[C@@H]7CO[C@]8(C)OC=C(CCC65)[C@H]78)C4)O[C@@H]3C)O[C@@H]2C)O[C@@H](C)[C@@H]1O. The maximum atomic E-state index is 13.7. The molecule has 3 N–H and O–H groups in total. The van der Waals surface area contributed by atoms with Crippen molar-refractivity contribution in [3.05, 3.63) is 23.5 Å². The smallest absolute Gasteiger partial charge is 0.309 e. The lowest BCUT2D eigenvalue weighted by molar-refractivity contribution is -0.336. The van der Waals surface area contributed by atoms with Crippen LogP contribution >= 0.6 is 0 Å². The van der Waals surface area contributed by atoms with Crippen LogP contribution < -0.4 is 0 Å². The first kappa shape index (κ1) is 39.2. The quantitative estimate of drug-likeness (QED) is 0.255. The molecule has 8 rings (SSSR count). The molecule has 14 nitrogen and oxygen atoms in total. The van der Waals surface area contributed by atoms with Gasteiger partial charge in [-0.15, -0.1) is 0 Å². The Morgan fingerprint density at radius 3 is 2.17 bits per heavy atom. The average Bonchev–Trinajstić information content (AvgIpc) is 3.64. The summed E-state index contributed by atoms with van der Waals surface area (Å²) in [6.07, 6.45) is 1.31. The Labute approximate surface area is 317 Å². The van der Waals surface area contributed by atoms with Gasteiger partial charge >= 0.3 is 5.97 Å². The lowest BCUT2D eigenvalue weighted by Crippen LogP contribution is -2.56. The van der Waals surface area contributed by atoms with E-state index < -0.39 is 79.6 Å². The molecule has 2 aliphatic carbocycles. The lowest BCUT2D eigenvalue weighted by atomic mass is 9.55.